The Kier molecular flexibility index (Phi) is 5.85. The van der Waals surface area contributed by atoms with Gasteiger partial charge in [0.2, 0.25) is 0 Å². The molecule has 0 amide bonds. The number of Topliss-reactive ketones (excluding diaryl/α,β-unsaturated/α-hetero) is 2. The van der Waals surface area contributed by atoms with Crippen LogP contribution in [-0.2, 0) is 14.3 Å². The normalized spacial score (nSPS) is 20.8. The highest BCUT2D eigenvalue weighted by Crippen LogP contribution is 2.54. The molecule has 0 atom stereocenters. The molecule has 0 unspecified atom stereocenters. The first-order valence-corrected chi connectivity index (χ1v) is 12.5. The maximum absolute atomic E-state index is 13.6. The molecule has 0 radical (unpaired) electrons. The van der Waals surface area contributed by atoms with E-state index in [9.17, 15) is 19.5 Å². The number of carboxylic acids is 1. The third-order valence-corrected chi connectivity index (χ3v) is 7.43. The number of aromatic nitrogens is 1. The molecule has 5 rings (SSSR count). The van der Waals surface area contributed by atoms with Crippen molar-refractivity contribution in [2.45, 2.75) is 59.3 Å². The zero-order chi connectivity index (χ0) is 26.7. The topological polar surface area (TPSA) is 103 Å². The van der Waals surface area contributed by atoms with Gasteiger partial charge in [-0.2, -0.15) is 0 Å². The van der Waals surface area contributed by atoms with Crippen LogP contribution in [0, 0.1) is 10.8 Å². The summed E-state index contributed by atoms with van der Waals surface area (Å²) in [6.07, 6.45) is 3.27. The summed E-state index contributed by atoms with van der Waals surface area (Å²) in [5.41, 5.74) is 2.70. The van der Waals surface area contributed by atoms with Crippen LogP contribution < -0.4 is 4.74 Å². The SMILES string of the molecule is COc1ccc(-c2ccc(C(=O)O)cn2)cc1C1C2=C(CC(C)(C)CC2=O)OC2=C1C(=O)CC(C)(C)C2. The number of pyridine rings is 1. The van der Waals surface area contributed by atoms with E-state index in [2.05, 4.69) is 32.7 Å². The number of rotatable bonds is 4. The molecule has 1 aliphatic heterocycles. The number of carbonyl (C=O) groups excluding carboxylic acids is 2. The summed E-state index contributed by atoms with van der Waals surface area (Å²) in [5.74, 6) is 0.173. The van der Waals surface area contributed by atoms with Crippen LogP contribution in [0.15, 0.2) is 59.2 Å². The second-order valence-corrected chi connectivity index (χ2v) is 11.8. The van der Waals surface area contributed by atoms with Crippen LogP contribution in [-0.4, -0.2) is 34.7 Å². The number of ether oxygens (including phenoxy) is 2. The van der Waals surface area contributed by atoms with Gasteiger partial charge >= 0.3 is 5.97 Å². The lowest BCUT2D eigenvalue weighted by Gasteiger charge is -2.43. The molecule has 3 aliphatic rings. The van der Waals surface area contributed by atoms with E-state index in [0.717, 1.165) is 5.56 Å². The van der Waals surface area contributed by atoms with Crippen LogP contribution in [0.5, 0.6) is 5.75 Å². The van der Waals surface area contributed by atoms with Crippen molar-refractivity contribution in [3.63, 3.8) is 0 Å². The molecule has 0 saturated heterocycles. The highest BCUT2D eigenvalue weighted by atomic mass is 16.5. The van der Waals surface area contributed by atoms with Crippen LogP contribution in [0.1, 0.15) is 75.2 Å². The van der Waals surface area contributed by atoms with E-state index >= 15 is 0 Å². The lowest BCUT2D eigenvalue weighted by Crippen LogP contribution is -2.37. The molecule has 0 fully saturated rings. The van der Waals surface area contributed by atoms with Gasteiger partial charge in [0.25, 0.3) is 0 Å². The van der Waals surface area contributed by atoms with Crippen molar-refractivity contribution in [1.29, 1.82) is 0 Å². The lowest BCUT2D eigenvalue weighted by molar-refractivity contribution is -0.120. The molecule has 2 aromatic rings. The second-order valence-electron chi connectivity index (χ2n) is 11.8. The maximum Gasteiger partial charge on any atom is 0.337 e. The van der Waals surface area contributed by atoms with Crippen LogP contribution in [0.3, 0.4) is 0 Å². The van der Waals surface area contributed by atoms with Crippen LogP contribution in [0.25, 0.3) is 11.3 Å². The summed E-state index contributed by atoms with van der Waals surface area (Å²) in [6.45, 7) is 8.22. The number of allylic oxidation sites excluding steroid dienone is 4. The first-order valence-electron chi connectivity index (χ1n) is 12.5. The molecule has 1 aromatic heterocycles. The second kappa shape index (κ2) is 8.68. The van der Waals surface area contributed by atoms with Gasteiger partial charge in [-0.1, -0.05) is 27.7 Å². The summed E-state index contributed by atoms with van der Waals surface area (Å²) in [5, 5.41) is 9.23. The molecule has 7 nitrogen and oxygen atoms in total. The molecular formula is C30H31NO6. The fourth-order valence-corrected chi connectivity index (χ4v) is 5.80. The van der Waals surface area contributed by atoms with Crippen molar-refractivity contribution < 1.29 is 29.0 Å². The smallest absolute Gasteiger partial charge is 0.337 e. The Morgan fingerprint density at radius 2 is 1.54 bits per heavy atom. The van der Waals surface area contributed by atoms with Gasteiger partial charge in [0.05, 0.1) is 24.3 Å². The van der Waals surface area contributed by atoms with Crippen molar-refractivity contribution in [2.75, 3.05) is 7.11 Å². The molecule has 7 heteroatoms. The molecule has 0 spiro atoms. The molecule has 2 aliphatic carbocycles. The summed E-state index contributed by atoms with van der Waals surface area (Å²) in [6, 6.07) is 8.70. The van der Waals surface area contributed by atoms with E-state index in [1.807, 2.05) is 18.2 Å². The van der Waals surface area contributed by atoms with Gasteiger partial charge in [-0.15, -0.1) is 0 Å². The van der Waals surface area contributed by atoms with Gasteiger partial charge in [-0.05, 0) is 41.2 Å². The highest BCUT2D eigenvalue weighted by Gasteiger charge is 2.48. The molecule has 1 aromatic carbocycles. The molecule has 37 heavy (non-hydrogen) atoms. The fourth-order valence-electron chi connectivity index (χ4n) is 5.80. The van der Waals surface area contributed by atoms with Crippen LogP contribution >= 0.6 is 0 Å². The average molecular weight is 502 g/mol. The number of methoxy groups -OCH3 is 1. The monoisotopic (exact) mass is 501 g/mol. The van der Waals surface area contributed by atoms with Crippen molar-refractivity contribution in [1.82, 2.24) is 4.98 Å². The quantitative estimate of drug-likeness (QED) is 0.560. The van der Waals surface area contributed by atoms with Gasteiger partial charge in [-0.25, -0.2) is 4.79 Å². The van der Waals surface area contributed by atoms with Gasteiger partial charge in [-0.3, -0.25) is 14.6 Å². The predicted molar refractivity (Wildman–Crippen MR) is 137 cm³/mol. The fraction of sp³-hybridized carbons (Fsp3) is 0.400. The standard InChI is InChI=1S/C30H31NO6/c1-29(2)11-20(32)26-23(13-29)37-24-14-30(3,4)12-21(33)27(24)25(26)18-10-16(7-9-22(18)36-5)19-8-6-17(15-31-19)28(34)35/h6-10,15,25H,11-14H2,1-5H3,(H,34,35). The third kappa shape index (κ3) is 4.47. The van der Waals surface area contributed by atoms with E-state index in [0.29, 0.717) is 65.4 Å². The summed E-state index contributed by atoms with van der Waals surface area (Å²) < 4.78 is 12.1. The minimum absolute atomic E-state index is 0.0168. The number of carboxylic acid groups (broad SMARTS) is 1. The minimum atomic E-state index is -1.05. The predicted octanol–water partition coefficient (Wildman–Crippen LogP) is 5.86. The largest absolute Gasteiger partial charge is 0.496 e. The third-order valence-electron chi connectivity index (χ3n) is 7.43. The Balaban J connectivity index is 1.71. The molecule has 2 heterocycles. The lowest BCUT2D eigenvalue weighted by atomic mass is 9.65. The van der Waals surface area contributed by atoms with Gasteiger partial charge in [0.1, 0.15) is 17.3 Å². The first-order chi connectivity index (χ1) is 17.4. The Labute approximate surface area is 216 Å². The molecule has 0 saturated carbocycles. The van der Waals surface area contributed by atoms with Crippen molar-refractivity contribution in [2.24, 2.45) is 10.8 Å². The molecule has 0 bridgehead atoms. The van der Waals surface area contributed by atoms with Gasteiger partial charge < -0.3 is 14.6 Å². The van der Waals surface area contributed by atoms with Gasteiger partial charge in [0, 0.05) is 54.2 Å². The Bertz CT molecular complexity index is 1340. The summed E-state index contributed by atoms with van der Waals surface area (Å²) >= 11 is 0. The summed E-state index contributed by atoms with van der Waals surface area (Å²) in [7, 11) is 1.57. The zero-order valence-electron chi connectivity index (χ0n) is 21.8. The number of hydrogen-bond acceptors (Lipinski definition) is 6. The van der Waals surface area contributed by atoms with Crippen molar-refractivity contribution >= 4 is 17.5 Å². The van der Waals surface area contributed by atoms with Crippen molar-refractivity contribution in [3.05, 3.63) is 70.3 Å². The Hall–Kier alpha value is -3.74. The Morgan fingerprint density at radius 1 is 0.946 bits per heavy atom. The Morgan fingerprint density at radius 3 is 2.03 bits per heavy atom. The maximum atomic E-state index is 13.6. The van der Waals surface area contributed by atoms with Gasteiger partial charge in [0.15, 0.2) is 11.6 Å². The number of benzene rings is 1. The minimum Gasteiger partial charge on any atom is -0.496 e. The number of ketones is 2. The van der Waals surface area contributed by atoms with Crippen molar-refractivity contribution in [3.8, 4) is 17.0 Å². The van der Waals surface area contributed by atoms with E-state index in [-0.39, 0.29) is 28.0 Å². The number of hydrogen-bond donors (Lipinski definition) is 1. The molecule has 1 N–H and O–H groups in total. The average Bonchev–Trinajstić information content (AvgIpc) is 2.80. The number of nitrogens with zero attached hydrogens (tertiary/aromatic N) is 1. The van der Waals surface area contributed by atoms with E-state index in [1.165, 1.54) is 12.3 Å². The first kappa shape index (κ1) is 24.9. The number of aromatic carboxylic acids is 1. The van der Waals surface area contributed by atoms with E-state index in [4.69, 9.17) is 9.47 Å². The zero-order valence-corrected chi connectivity index (χ0v) is 21.8. The summed E-state index contributed by atoms with van der Waals surface area (Å²) in [4.78, 5) is 42.8. The van der Waals surface area contributed by atoms with E-state index < -0.39 is 11.9 Å². The van der Waals surface area contributed by atoms with Crippen LogP contribution in [0.4, 0.5) is 0 Å². The highest BCUT2D eigenvalue weighted by molar-refractivity contribution is 6.06. The molecule has 192 valence electrons. The number of carbonyl (C=O) groups is 3. The molecular weight excluding hydrogens is 470 g/mol. The van der Waals surface area contributed by atoms with E-state index in [1.54, 1.807) is 13.2 Å². The van der Waals surface area contributed by atoms with Crippen LogP contribution in [0.2, 0.25) is 0 Å².